The van der Waals surface area contributed by atoms with Crippen LogP contribution in [-0.4, -0.2) is 47.0 Å². The zero-order valence-corrected chi connectivity index (χ0v) is 18.7. The van der Waals surface area contributed by atoms with Crippen LogP contribution in [0.15, 0.2) is 0 Å². The van der Waals surface area contributed by atoms with Gasteiger partial charge in [0.05, 0.1) is 5.39 Å². The molecule has 0 unspecified atom stereocenters. The van der Waals surface area contributed by atoms with Crippen molar-refractivity contribution in [2.75, 3.05) is 31.1 Å². The Kier molecular flexibility index (Phi) is 4.93. The predicted octanol–water partition coefficient (Wildman–Crippen LogP) is 4.68. The number of nitrogens with zero attached hydrogens (tertiary/aromatic N) is 4. The van der Waals surface area contributed by atoms with Crippen molar-refractivity contribution >= 4 is 33.3 Å². The van der Waals surface area contributed by atoms with Crippen LogP contribution in [0.5, 0.6) is 0 Å². The minimum atomic E-state index is 0.279. The summed E-state index contributed by atoms with van der Waals surface area (Å²) in [6.45, 7) is 3.48. The molecule has 0 aromatic carbocycles. The molecule has 2 saturated carbocycles. The minimum Gasteiger partial charge on any atom is -0.352 e. The Labute approximate surface area is 182 Å². The van der Waals surface area contributed by atoms with Crippen molar-refractivity contribution in [2.45, 2.75) is 76.5 Å². The number of fused-ring (bicyclic) bond motifs is 3. The molecule has 6 rings (SSSR count). The Bertz CT molecular complexity index is 952. The van der Waals surface area contributed by atoms with E-state index in [1.54, 1.807) is 4.88 Å². The van der Waals surface area contributed by atoms with E-state index in [-0.39, 0.29) is 5.92 Å². The van der Waals surface area contributed by atoms with Gasteiger partial charge in [0.1, 0.15) is 16.5 Å². The summed E-state index contributed by atoms with van der Waals surface area (Å²) >= 11 is 1.92. The molecule has 4 aliphatic rings. The second-order valence-corrected chi connectivity index (χ2v) is 10.8. The van der Waals surface area contributed by atoms with Gasteiger partial charge in [0, 0.05) is 42.9 Å². The van der Waals surface area contributed by atoms with Gasteiger partial charge in [0.2, 0.25) is 5.91 Å². The number of carbonyl (C=O) groups excluding carboxylic acids is 1. The lowest BCUT2D eigenvalue weighted by Crippen LogP contribution is -2.51. The van der Waals surface area contributed by atoms with Crippen molar-refractivity contribution in [1.29, 1.82) is 0 Å². The molecule has 5 nitrogen and oxygen atoms in total. The first-order valence-electron chi connectivity index (χ1n) is 12.1. The summed E-state index contributed by atoms with van der Waals surface area (Å²) < 4.78 is 0. The smallest absolute Gasteiger partial charge is 0.225 e. The van der Waals surface area contributed by atoms with Gasteiger partial charge in [0.25, 0.3) is 0 Å². The van der Waals surface area contributed by atoms with Gasteiger partial charge < -0.3 is 9.80 Å². The summed E-state index contributed by atoms with van der Waals surface area (Å²) in [7, 11) is 0. The number of hydrogen-bond donors (Lipinski definition) is 0. The molecular weight excluding hydrogens is 392 g/mol. The first-order valence-corrected chi connectivity index (χ1v) is 13.0. The summed E-state index contributed by atoms with van der Waals surface area (Å²) in [5, 5.41) is 1.34. The second-order valence-electron chi connectivity index (χ2n) is 9.72. The summed E-state index contributed by atoms with van der Waals surface area (Å²) in [6.07, 6.45) is 13.4. The first kappa shape index (κ1) is 19.0. The van der Waals surface area contributed by atoms with E-state index in [1.165, 1.54) is 79.4 Å². The predicted molar refractivity (Wildman–Crippen MR) is 121 cm³/mol. The van der Waals surface area contributed by atoms with Gasteiger partial charge in [-0.25, -0.2) is 9.97 Å². The molecule has 1 aliphatic heterocycles. The SMILES string of the molecule is O=C(C1CCCCC1)N1CCN(c2nc(C3CC3)nc3sc4c(c23)CCCC4)CC1. The van der Waals surface area contributed by atoms with Crippen molar-refractivity contribution < 1.29 is 4.79 Å². The molecule has 1 amide bonds. The molecule has 3 aliphatic carbocycles. The number of anilines is 1. The first-order chi connectivity index (χ1) is 14.8. The van der Waals surface area contributed by atoms with E-state index in [9.17, 15) is 4.79 Å². The molecule has 2 aromatic heterocycles. The van der Waals surface area contributed by atoms with Crippen LogP contribution in [0.3, 0.4) is 0 Å². The van der Waals surface area contributed by atoms with Crippen molar-refractivity contribution in [3.05, 3.63) is 16.3 Å². The molecule has 0 bridgehead atoms. The molecule has 3 heterocycles. The number of carbonyl (C=O) groups is 1. The van der Waals surface area contributed by atoms with Gasteiger partial charge in [-0.15, -0.1) is 11.3 Å². The lowest BCUT2D eigenvalue weighted by molar-refractivity contribution is -0.136. The third-order valence-electron chi connectivity index (χ3n) is 7.60. The topological polar surface area (TPSA) is 49.3 Å². The Morgan fingerprint density at radius 2 is 1.63 bits per heavy atom. The number of hydrogen-bond acceptors (Lipinski definition) is 5. The van der Waals surface area contributed by atoms with Crippen LogP contribution in [0.25, 0.3) is 10.2 Å². The van der Waals surface area contributed by atoms with E-state index in [0.29, 0.717) is 11.8 Å². The normalized spacial score (nSPS) is 23.1. The van der Waals surface area contributed by atoms with Gasteiger partial charge in [0.15, 0.2) is 0 Å². The van der Waals surface area contributed by atoms with Crippen LogP contribution < -0.4 is 4.90 Å². The fourth-order valence-corrected chi connectivity index (χ4v) is 6.92. The lowest BCUT2D eigenvalue weighted by Gasteiger charge is -2.38. The van der Waals surface area contributed by atoms with E-state index in [2.05, 4.69) is 9.80 Å². The maximum Gasteiger partial charge on any atom is 0.225 e. The number of piperazine rings is 1. The lowest BCUT2D eigenvalue weighted by atomic mass is 9.88. The van der Waals surface area contributed by atoms with E-state index < -0.39 is 0 Å². The molecular formula is C24H32N4OS. The fourth-order valence-electron chi connectivity index (χ4n) is 5.65. The Hall–Kier alpha value is -1.69. The van der Waals surface area contributed by atoms with Crippen molar-refractivity contribution in [1.82, 2.24) is 14.9 Å². The van der Waals surface area contributed by atoms with E-state index in [1.807, 2.05) is 11.3 Å². The van der Waals surface area contributed by atoms with Gasteiger partial charge in [-0.2, -0.15) is 0 Å². The molecule has 2 aromatic rings. The Morgan fingerprint density at radius 1 is 0.867 bits per heavy atom. The van der Waals surface area contributed by atoms with E-state index >= 15 is 0 Å². The number of aromatic nitrogens is 2. The Morgan fingerprint density at radius 3 is 2.40 bits per heavy atom. The molecule has 3 fully saturated rings. The summed E-state index contributed by atoms with van der Waals surface area (Å²) in [5.74, 6) is 3.50. The minimum absolute atomic E-state index is 0.279. The van der Waals surface area contributed by atoms with Crippen molar-refractivity contribution in [3.8, 4) is 0 Å². The third kappa shape index (κ3) is 3.41. The highest BCUT2D eigenvalue weighted by atomic mass is 32.1. The zero-order chi connectivity index (χ0) is 20.1. The average Bonchev–Trinajstić information content (AvgIpc) is 3.59. The molecule has 0 radical (unpaired) electrons. The van der Waals surface area contributed by atoms with Crippen molar-refractivity contribution in [2.24, 2.45) is 5.92 Å². The van der Waals surface area contributed by atoms with Crippen LogP contribution in [0.1, 0.15) is 80.0 Å². The highest BCUT2D eigenvalue weighted by Gasteiger charge is 2.33. The Balaban J connectivity index is 1.27. The maximum atomic E-state index is 13.0. The average molecular weight is 425 g/mol. The third-order valence-corrected chi connectivity index (χ3v) is 8.79. The van der Waals surface area contributed by atoms with Gasteiger partial charge >= 0.3 is 0 Å². The molecule has 0 spiro atoms. The fraction of sp³-hybridized carbons (Fsp3) is 0.708. The number of amides is 1. The van der Waals surface area contributed by atoms with E-state index in [0.717, 1.165) is 44.8 Å². The van der Waals surface area contributed by atoms with Crippen molar-refractivity contribution in [3.63, 3.8) is 0 Å². The molecule has 6 heteroatoms. The number of aryl methyl sites for hydroxylation is 2. The largest absolute Gasteiger partial charge is 0.352 e. The monoisotopic (exact) mass is 424 g/mol. The molecule has 1 saturated heterocycles. The van der Waals surface area contributed by atoms with Crippen LogP contribution in [0, 0.1) is 5.92 Å². The maximum absolute atomic E-state index is 13.0. The van der Waals surface area contributed by atoms with Crippen LogP contribution in [0.2, 0.25) is 0 Å². The van der Waals surface area contributed by atoms with Gasteiger partial charge in [-0.1, -0.05) is 19.3 Å². The summed E-state index contributed by atoms with van der Waals surface area (Å²) in [5.41, 5.74) is 1.53. The van der Waals surface area contributed by atoms with Gasteiger partial charge in [-0.3, -0.25) is 4.79 Å². The summed E-state index contributed by atoms with van der Waals surface area (Å²) in [4.78, 5) is 30.5. The van der Waals surface area contributed by atoms with Crippen LogP contribution in [0.4, 0.5) is 5.82 Å². The second kappa shape index (κ2) is 7.77. The highest BCUT2D eigenvalue weighted by Crippen LogP contribution is 2.44. The quantitative estimate of drug-likeness (QED) is 0.718. The summed E-state index contributed by atoms with van der Waals surface area (Å²) in [6, 6.07) is 0. The standard InChI is InChI=1S/C24H32N4OS/c29-24(17-6-2-1-3-7-17)28-14-12-27(13-15-28)22-20-18-8-4-5-9-19(18)30-23(20)26-21(25-22)16-10-11-16/h16-17H,1-15H2. The van der Waals surface area contributed by atoms with Crippen LogP contribution in [-0.2, 0) is 17.6 Å². The molecule has 0 atom stereocenters. The highest BCUT2D eigenvalue weighted by molar-refractivity contribution is 7.19. The molecule has 0 N–H and O–H groups in total. The van der Waals surface area contributed by atoms with Gasteiger partial charge in [-0.05, 0) is 56.9 Å². The number of rotatable bonds is 3. The van der Waals surface area contributed by atoms with E-state index in [4.69, 9.17) is 9.97 Å². The molecule has 160 valence electrons. The molecule has 30 heavy (non-hydrogen) atoms. The number of thiophene rings is 1. The zero-order valence-electron chi connectivity index (χ0n) is 17.9. The van der Waals surface area contributed by atoms with Crippen LogP contribution >= 0.6 is 11.3 Å².